The van der Waals surface area contributed by atoms with Gasteiger partial charge in [0.1, 0.15) is 12.4 Å². The first-order chi connectivity index (χ1) is 9.08. The molecule has 0 saturated heterocycles. The molecule has 1 unspecified atom stereocenters. The van der Waals surface area contributed by atoms with Gasteiger partial charge in [0, 0.05) is 12.6 Å². The molecule has 0 aliphatic rings. The number of rotatable bonds is 4. The highest BCUT2D eigenvalue weighted by Gasteiger charge is 2.10. The van der Waals surface area contributed by atoms with Crippen LogP contribution in [0.3, 0.4) is 0 Å². The molecule has 3 nitrogen and oxygen atoms in total. The molecule has 0 aliphatic carbocycles. The molecule has 1 aromatic rings. The summed E-state index contributed by atoms with van der Waals surface area (Å²) in [6.45, 7) is 2.30. The summed E-state index contributed by atoms with van der Waals surface area (Å²) < 4.78 is 13.5. The molecule has 0 heterocycles. The van der Waals surface area contributed by atoms with E-state index >= 15 is 0 Å². The number of hydrogen-bond donors (Lipinski definition) is 1. The maximum absolute atomic E-state index is 13.5. The van der Waals surface area contributed by atoms with Gasteiger partial charge < -0.3 is 5.11 Å². The van der Waals surface area contributed by atoms with Gasteiger partial charge in [0.15, 0.2) is 0 Å². The summed E-state index contributed by atoms with van der Waals surface area (Å²) >= 11 is 0. The van der Waals surface area contributed by atoms with Crippen LogP contribution in [0.15, 0.2) is 18.2 Å². The lowest BCUT2D eigenvalue weighted by atomic mass is 10.1. The minimum atomic E-state index is -0.391. The van der Waals surface area contributed by atoms with Crippen molar-refractivity contribution in [1.29, 1.82) is 5.26 Å². The topological polar surface area (TPSA) is 47.3 Å². The lowest BCUT2D eigenvalue weighted by Gasteiger charge is -2.22. The Balaban J connectivity index is 2.82. The zero-order valence-corrected chi connectivity index (χ0v) is 11.2. The van der Waals surface area contributed by atoms with Gasteiger partial charge in [-0.15, -0.1) is 0 Å². The molecule has 0 bridgehead atoms. The molecule has 1 N–H and O–H groups in total. The standard InChI is InChI=1S/C15H17FN2O/c1-12(7-8-17)18(2)11-13-5-6-15(16)14(10-13)4-3-9-19/h5-6,10,12,19H,7,9,11H2,1-2H3. The molecule has 0 fully saturated rings. The van der Waals surface area contributed by atoms with E-state index in [9.17, 15) is 4.39 Å². The zero-order valence-electron chi connectivity index (χ0n) is 11.2. The third kappa shape index (κ3) is 4.71. The Labute approximate surface area is 113 Å². The Bertz CT molecular complexity index is 525. The summed E-state index contributed by atoms with van der Waals surface area (Å²) in [5, 5.41) is 17.3. The van der Waals surface area contributed by atoms with Crippen molar-refractivity contribution < 1.29 is 9.50 Å². The molecule has 0 radical (unpaired) electrons. The van der Waals surface area contributed by atoms with Crippen LogP contribution in [0.2, 0.25) is 0 Å². The number of benzene rings is 1. The van der Waals surface area contributed by atoms with Crippen LogP contribution in [-0.4, -0.2) is 29.7 Å². The third-order valence-electron chi connectivity index (χ3n) is 2.90. The van der Waals surface area contributed by atoms with Gasteiger partial charge in [0.2, 0.25) is 0 Å². The Kier molecular flexibility index (Phi) is 6.02. The molecular formula is C15H17FN2O. The Hall–Kier alpha value is -1.88. The summed E-state index contributed by atoms with van der Waals surface area (Å²) in [6.07, 6.45) is 0.453. The van der Waals surface area contributed by atoms with Crippen molar-refractivity contribution >= 4 is 0 Å². The predicted molar refractivity (Wildman–Crippen MR) is 71.5 cm³/mol. The number of nitrogens with zero attached hydrogens (tertiary/aromatic N) is 2. The van der Waals surface area contributed by atoms with Gasteiger partial charge in [-0.25, -0.2) is 4.39 Å². The van der Waals surface area contributed by atoms with Crippen LogP contribution in [0.1, 0.15) is 24.5 Å². The van der Waals surface area contributed by atoms with Crippen molar-refractivity contribution in [3.8, 4) is 17.9 Å². The highest BCUT2D eigenvalue weighted by atomic mass is 19.1. The van der Waals surface area contributed by atoms with Crippen LogP contribution >= 0.6 is 0 Å². The maximum atomic E-state index is 13.5. The first-order valence-electron chi connectivity index (χ1n) is 6.03. The van der Waals surface area contributed by atoms with Crippen LogP contribution in [0.4, 0.5) is 4.39 Å². The first-order valence-corrected chi connectivity index (χ1v) is 6.03. The SMILES string of the molecule is CC(CC#N)N(C)Cc1ccc(F)c(C#CCO)c1. The molecule has 0 saturated carbocycles. The Morgan fingerprint density at radius 3 is 2.84 bits per heavy atom. The monoisotopic (exact) mass is 260 g/mol. The van der Waals surface area contributed by atoms with E-state index in [-0.39, 0.29) is 18.2 Å². The van der Waals surface area contributed by atoms with Gasteiger partial charge >= 0.3 is 0 Å². The number of halogens is 1. The number of nitriles is 1. The largest absolute Gasteiger partial charge is 0.384 e. The normalized spacial score (nSPS) is 11.6. The van der Waals surface area contributed by atoms with Crippen LogP contribution in [-0.2, 0) is 6.54 Å². The van der Waals surface area contributed by atoms with Crippen LogP contribution in [0.25, 0.3) is 0 Å². The second-order valence-corrected chi connectivity index (χ2v) is 4.40. The number of aliphatic hydroxyl groups excluding tert-OH is 1. The fraction of sp³-hybridized carbons (Fsp3) is 0.400. The van der Waals surface area contributed by atoms with E-state index in [0.29, 0.717) is 13.0 Å². The van der Waals surface area contributed by atoms with Gasteiger partial charge in [-0.05, 0) is 31.7 Å². The predicted octanol–water partition coefficient (Wildman–Crippen LogP) is 1.90. The van der Waals surface area contributed by atoms with Crippen molar-refractivity contribution in [1.82, 2.24) is 4.90 Å². The average molecular weight is 260 g/mol. The summed E-state index contributed by atoms with van der Waals surface area (Å²) in [5.74, 6) is 4.63. The van der Waals surface area contributed by atoms with E-state index in [0.717, 1.165) is 5.56 Å². The Morgan fingerprint density at radius 1 is 1.47 bits per heavy atom. The Morgan fingerprint density at radius 2 is 2.21 bits per heavy atom. The number of aliphatic hydroxyl groups is 1. The minimum absolute atomic E-state index is 0.141. The molecule has 0 aromatic heterocycles. The van der Waals surface area contributed by atoms with E-state index in [4.69, 9.17) is 10.4 Å². The van der Waals surface area contributed by atoms with Gasteiger partial charge in [-0.2, -0.15) is 5.26 Å². The van der Waals surface area contributed by atoms with Crippen molar-refractivity contribution in [2.24, 2.45) is 0 Å². The van der Waals surface area contributed by atoms with Gasteiger partial charge in [-0.1, -0.05) is 17.9 Å². The van der Waals surface area contributed by atoms with E-state index in [1.54, 1.807) is 12.1 Å². The summed E-state index contributed by atoms with van der Waals surface area (Å²) in [6, 6.07) is 7.02. The molecule has 100 valence electrons. The average Bonchev–Trinajstić information content (AvgIpc) is 2.39. The van der Waals surface area contributed by atoms with Crippen molar-refractivity contribution in [2.75, 3.05) is 13.7 Å². The fourth-order valence-corrected chi connectivity index (χ4v) is 1.63. The summed E-state index contributed by atoms with van der Waals surface area (Å²) in [5.41, 5.74) is 1.21. The van der Waals surface area contributed by atoms with Crippen LogP contribution < -0.4 is 0 Å². The molecule has 0 spiro atoms. The lowest BCUT2D eigenvalue weighted by molar-refractivity contribution is 0.252. The highest BCUT2D eigenvalue weighted by Crippen LogP contribution is 2.13. The molecule has 0 aliphatic heterocycles. The van der Waals surface area contributed by atoms with E-state index in [2.05, 4.69) is 17.9 Å². The first kappa shape index (κ1) is 15.2. The maximum Gasteiger partial charge on any atom is 0.138 e. The van der Waals surface area contributed by atoms with E-state index in [1.165, 1.54) is 6.07 Å². The van der Waals surface area contributed by atoms with E-state index in [1.807, 2.05) is 18.9 Å². The van der Waals surface area contributed by atoms with Gasteiger partial charge in [-0.3, -0.25) is 4.90 Å². The zero-order chi connectivity index (χ0) is 14.3. The van der Waals surface area contributed by atoms with Crippen molar-refractivity contribution in [3.63, 3.8) is 0 Å². The van der Waals surface area contributed by atoms with Gasteiger partial charge in [0.05, 0.1) is 18.1 Å². The molecule has 0 amide bonds. The second kappa shape index (κ2) is 7.53. The minimum Gasteiger partial charge on any atom is -0.384 e. The molecule has 1 aromatic carbocycles. The van der Waals surface area contributed by atoms with Gasteiger partial charge in [0.25, 0.3) is 0 Å². The van der Waals surface area contributed by atoms with Crippen LogP contribution in [0, 0.1) is 29.0 Å². The van der Waals surface area contributed by atoms with E-state index < -0.39 is 5.82 Å². The van der Waals surface area contributed by atoms with Crippen molar-refractivity contribution in [3.05, 3.63) is 35.1 Å². The fourth-order valence-electron chi connectivity index (χ4n) is 1.63. The van der Waals surface area contributed by atoms with Crippen molar-refractivity contribution in [2.45, 2.75) is 25.9 Å². The number of hydrogen-bond acceptors (Lipinski definition) is 3. The lowest BCUT2D eigenvalue weighted by Crippen LogP contribution is -2.28. The smallest absolute Gasteiger partial charge is 0.138 e. The highest BCUT2D eigenvalue weighted by molar-refractivity contribution is 5.38. The third-order valence-corrected chi connectivity index (χ3v) is 2.90. The summed E-state index contributed by atoms with van der Waals surface area (Å²) in [7, 11) is 1.92. The van der Waals surface area contributed by atoms with Crippen LogP contribution in [0.5, 0.6) is 0 Å². The molecule has 19 heavy (non-hydrogen) atoms. The quantitative estimate of drug-likeness (QED) is 0.841. The molecule has 1 rings (SSSR count). The molecule has 4 heteroatoms. The molecular weight excluding hydrogens is 243 g/mol. The second-order valence-electron chi connectivity index (χ2n) is 4.40. The summed E-state index contributed by atoms with van der Waals surface area (Å²) in [4.78, 5) is 2.03. The molecule has 1 atom stereocenters.